The molecule has 0 saturated heterocycles. The molecule has 0 heterocycles. The van der Waals surface area contributed by atoms with Crippen LogP contribution in [0.3, 0.4) is 0 Å². The summed E-state index contributed by atoms with van der Waals surface area (Å²) in [6.07, 6.45) is -1.85. The number of hydrogen-bond donors (Lipinski definition) is 9. The molecule has 0 aromatic heterocycles. The van der Waals surface area contributed by atoms with E-state index >= 15 is 0 Å². The van der Waals surface area contributed by atoms with Crippen molar-refractivity contribution in [2.75, 3.05) is 12.4 Å². The van der Waals surface area contributed by atoms with Gasteiger partial charge in [-0.2, -0.15) is 12.6 Å². The molecular weight excluding hydrogens is 416 g/mol. The summed E-state index contributed by atoms with van der Waals surface area (Å²) in [5, 5.41) is 41.6. The molecule has 0 spiro atoms. The number of nitrogens with one attached hydrogen (secondary N) is 3. The molecule has 0 fully saturated rings. The summed E-state index contributed by atoms with van der Waals surface area (Å²) in [6.45, 7) is -1.03. The van der Waals surface area contributed by atoms with Gasteiger partial charge in [-0.25, -0.2) is 4.79 Å². The summed E-state index contributed by atoms with van der Waals surface area (Å²) in [7, 11) is 0. The predicted molar refractivity (Wildman–Crippen MR) is 96.8 cm³/mol. The highest BCUT2D eigenvalue weighted by molar-refractivity contribution is 7.80. The molecule has 4 unspecified atom stereocenters. The van der Waals surface area contributed by atoms with Gasteiger partial charge in [-0.15, -0.1) is 0 Å². The maximum Gasteiger partial charge on any atom is 0.326 e. The van der Waals surface area contributed by atoms with Gasteiger partial charge in [-0.05, 0) is 0 Å². The Morgan fingerprint density at radius 2 is 1.17 bits per heavy atom. The van der Waals surface area contributed by atoms with Gasteiger partial charge in [0.2, 0.25) is 17.7 Å². The lowest BCUT2D eigenvalue weighted by Gasteiger charge is -2.23. The van der Waals surface area contributed by atoms with Crippen molar-refractivity contribution in [3.63, 3.8) is 0 Å². The Bertz CT molecular complexity index is 658. The monoisotopic (exact) mass is 438 g/mol. The molecule has 14 nitrogen and oxygen atoms in total. The Morgan fingerprint density at radius 3 is 1.59 bits per heavy atom. The molecule has 0 aliphatic carbocycles. The third-order valence-electron chi connectivity index (χ3n) is 3.35. The van der Waals surface area contributed by atoms with Crippen molar-refractivity contribution < 1.29 is 49.2 Å². The summed E-state index contributed by atoms with van der Waals surface area (Å²) in [5.41, 5.74) is 5.42. The fraction of sp³-hybridized carbons (Fsp3) is 0.571. The number of aliphatic carboxylic acids is 3. The second-order valence-electron chi connectivity index (χ2n) is 5.69. The van der Waals surface area contributed by atoms with Crippen LogP contribution in [0.2, 0.25) is 0 Å². The van der Waals surface area contributed by atoms with Crippen molar-refractivity contribution in [2.45, 2.75) is 37.0 Å². The maximum absolute atomic E-state index is 12.2. The minimum atomic E-state index is -1.84. The molecule has 0 radical (unpaired) electrons. The molecular formula is C14H22N4O10S. The zero-order chi connectivity index (χ0) is 22.7. The third-order valence-corrected chi connectivity index (χ3v) is 3.75. The minimum absolute atomic E-state index is 0.102. The molecule has 0 aliphatic heterocycles. The van der Waals surface area contributed by atoms with Crippen LogP contribution in [0.4, 0.5) is 0 Å². The molecule has 15 heteroatoms. The number of carbonyl (C=O) groups is 6. The number of hydrogen-bond acceptors (Lipinski definition) is 9. The van der Waals surface area contributed by atoms with E-state index in [4.69, 9.17) is 21.1 Å². The number of thiol groups is 1. The number of carboxylic acids is 3. The Kier molecular flexibility index (Phi) is 11.3. The van der Waals surface area contributed by atoms with Crippen LogP contribution in [0.15, 0.2) is 0 Å². The first-order valence-electron chi connectivity index (χ1n) is 7.97. The van der Waals surface area contributed by atoms with Crippen LogP contribution >= 0.6 is 12.6 Å². The largest absolute Gasteiger partial charge is 0.481 e. The molecule has 29 heavy (non-hydrogen) atoms. The van der Waals surface area contributed by atoms with E-state index in [-0.39, 0.29) is 5.75 Å². The lowest BCUT2D eigenvalue weighted by atomic mass is 10.1. The second kappa shape index (κ2) is 12.5. The SMILES string of the molecule is NC(CS)C(=O)NC(CC(=O)O)C(=O)NC(CO)C(=O)NC(CC(=O)O)C(=O)O. The Morgan fingerprint density at radius 1 is 0.759 bits per heavy atom. The van der Waals surface area contributed by atoms with Gasteiger partial charge in [-0.1, -0.05) is 0 Å². The van der Waals surface area contributed by atoms with Crippen molar-refractivity contribution in [1.29, 1.82) is 0 Å². The van der Waals surface area contributed by atoms with E-state index in [1.807, 2.05) is 10.6 Å². The first-order chi connectivity index (χ1) is 13.4. The summed E-state index contributed by atoms with van der Waals surface area (Å²) in [5.74, 6) is -8.06. The zero-order valence-electron chi connectivity index (χ0n) is 14.9. The maximum atomic E-state index is 12.2. The van der Waals surface area contributed by atoms with E-state index in [9.17, 15) is 33.9 Å². The van der Waals surface area contributed by atoms with Gasteiger partial charge in [0.15, 0.2) is 0 Å². The first-order valence-corrected chi connectivity index (χ1v) is 8.60. The van der Waals surface area contributed by atoms with Gasteiger partial charge in [0, 0.05) is 5.75 Å². The lowest BCUT2D eigenvalue weighted by Crippen LogP contribution is -2.58. The van der Waals surface area contributed by atoms with Gasteiger partial charge >= 0.3 is 17.9 Å². The van der Waals surface area contributed by atoms with Crippen LogP contribution in [0.1, 0.15) is 12.8 Å². The highest BCUT2D eigenvalue weighted by Crippen LogP contribution is 1.99. The third kappa shape index (κ3) is 9.72. The molecule has 3 amide bonds. The standard InChI is InChI=1S/C14H22N4O10S/c15-5(4-29)11(24)16-6(1-9(20)21)12(25)18-8(3-19)13(26)17-7(14(27)28)2-10(22)23/h5-8,19,29H,1-4,15H2,(H,16,24)(H,17,26)(H,18,25)(H,20,21)(H,22,23)(H,27,28). The number of nitrogens with two attached hydrogens (primary N) is 1. The fourth-order valence-corrected chi connectivity index (χ4v) is 2.02. The summed E-state index contributed by atoms with van der Waals surface area (Å²) >= 11 is 3.79. The molecule has 9 N–H and O–H groups in total. The smallest absolute Gasteiger partial charge is 0.326 e. The van der Waals surface area contributed by atoms with E-state index in [1.54, 1.807) is 0 Å². The number of aliphatic hydroxyl groups excluding tert-OH is 1. The van der Waals surface area contributed by atoms with Gasteiger partial charge in [-0.3, -0.25) is 24.0 Å². The Balaban J connectivity index is 5.23. The fourth-order valence-electron chi connectivity index (χ4n) is 1.86. The van der Waals surface area contributed by atoms with Gasteiger partial charge < -0.3 is 42.1 Å². The van der Waals surface area contributed by atoms with E-state index in [0.29, 0.717) is 0 Å². The summed E-state index contributed by atoms with van der Waals surface area (Å²) in [4.78, 5) is 68.6. The molecule has 164 valence electrons. The quantitative estimate of drug-likeness (QED) is 0.124. The number of carboxylic acid groups (broad SMARTS) is 3. The number of rotatable bonds is 13. The lowest BCUT2D eigenvalue weighted by molar-refractivity contribution is -0.147. The number of aliphatic hydroxyl groups is 1. The number of amides is 3. The van der Waals surface area contributed by atoms with Crippen molar-refractivity contribution in [1.82, 2.24) is 16.0 Å². The Hall–Kier alpha value is -2.91. The van der Waals surface area contributed by atoms with E-state index in [1.165, 1.54) is 0 Å². The van der Waals surface area contributed by atoms with Gasteiger partial charge in [0.1, 0.15) is 18.1 Å². The zero-order valence-corrected chi connectivity index (χ0v) is 15.8. The molecule has 4 atom stereocenters. The van der Waals surface area contributed by atoms with E-state index in [0.717, 1.165) is 0 Å². The molecule has 0 aromatic rings. The normalized spacial score (nSPS) is 14.6. The van der Waals surface area contributed by atoms with Crippen LogP contribution in [0.5, 0.6) is 0 Å². The van der Waals surface area contributed by atoms with Crippen molar-refractivity contribution >= 4 is 48.3 Å². The Labute approximate surface area is 169 Å². The molecule has 0 aromatic carbocycles. The molecule has 0 saturated carbocycles. The average molecular weight is 438 g/mol. The first kappa shape index (κ1) is 26.1. The van der Waals surface area contributed by atoms with E-state index < -0.39 is 79.2 Å². The van der Waals surface area contributed by atoms with E-state index in [2.05, 4.69) is 17.9 Å². The summed E-state index contributed by atoms with van der Waals surface area (Å²) < 4.78 is 0. The summed E-state index contributed by atoms with van der Waals surface area (Å²) in [6, 6.07) is -6.40. The minimum Gasteiger partial charge on any atom is -0.481 e. The average Bonchev–Trinajstić information content (AvgIpc) is 2.62. The number of carbonyl (C=O) groups excluding carboxylic acids is 3. The van der Waals surface area contributed by atoms with Crippen LogP contribution in [-0.4, -0.2) is 92.6 Å². The second-order valence-corrected chi connectivity index (χ2v) is 6.05. The van der Waals surface area contributed by atoms with Gasteiger partial charge in [0.05, 0.1) is 25.5 Å². The van der Waals surface area contributed by atoms with Crippen LogP contribution in [-0.2, 0) is 28.8 Å². The highest BCUT2D eigenvalue weighted by Gasteiger charge is 2.31. The van der Waals surface area contributed by atoms with Crippen LogP contribution < -0.4 is 21.7 Å². The van der Waals surface area contributed by atoms with Crippen molar-refractivity contribution in [2.24, 2.45) is 5.73 Å². The van der Waals surface area contributed by atoms with Gasteiger partial charge in [0.25, 0.3) is 0 Å². The predicted octanol–water partition coefficient (Wildman–Crippen LogP) is -4.28. The molecule has 0 rings (SSSR count). The highest BCUT2D eigenvalue weighted by atomic mass is 32.1. The molecule has 0 bridgehead atoms. The molecule has 0 aliphatic rings. The topological polar surface area (TPSA) is 245 Å². The van der Waals surface area contributed by atoms with Crippen molar-refractivity contribution in [3.05, 3.63) is 0 Å². The van der Waals surface area contributed by atoms with Crippen LogP contribution in [0, 0.1) is 0 Å². The van der Waals surface area contributed by atoms with Crippen LogP contribution in [0.25, 0.3) is 0 Å². The van der Waals surface area contributed by atoms with Crippen molar-refractivity contribution in [3.8, 4) is 0 Å².